The summed E-state index contributed by atoms with van der Waals surface area (Å²) in [5.74, 6) is 2.10. The van der Waals surface area contributed by atoms with Crippen LogP contribution in [0.5, 0.6) is 0 Å². The van der Waals surface area contributed by atoms with Crippen LogP contribution in [0.2, 0.25) is 0 Å². The maximum absolute atomic E-state index is 12.5. The molecule has 4 aliphatic carbocycles. The summed E-state index contributed by atoms with van der Waals surface area (Å²) in [4.78, 5) is 24.4. The van der Waals surface area contributed by atoms with E-state index in [2.05, 4.69) is 13.8 Å². The van der Waals surface area contributed by atoms with Gasteiger partial charge < -0.3 is 5.11 Å². The van der Waals surface area contributed by atoms with Crippen molar-refractivity contribution in [1.29, 1.82) is 0 Å². The summed E-state index contributed by atoms with van der Waals surface area (Å²) >= 11 is 0. The molecule has 25 heavy (non-hydrogen) atoms. The number of aliphatic hydroxyl groups excluding tert-OH is 1. The van der Waals surface area contributed by atoms with Gasteiger partial charge in [0.05, 0.1) is 6.10 Å². The summed E-state index contributed by atoms with van der Waals surface area (Å²) < 4.78 is 0. The lowest BCUT2D eigenvalue weighted by Gasteiger charge is -2.59. The lowest BCUT2D eigenvalue weighted by atomic mass is 9.46. The second-order valence-electron chi connectivity index (χ2n) is 9.62. The number of Topliss-reactive ketones (excluding diaryl/α,β-unsaturated/α-hetero) is 1. The number of rotatable bonds is 2. The molecule has 3 heteroatoms. The number of allylic oxidation sites excluding steroid dienone is 1. The standard InChI is InChI=1S/C22H32O3/c1-4-18(24)17-8-7-16-15-6-5-13-11-14(23)9-10-21(13,2)20(15)19(25)12-22(16,17)3/h11,15-17,19-20,25H,4-10,12H2,1-3H3/t15?,16?,17-,19-,20?,21-,22-/m0/s1. The van der Waals surface area contributed by atoms with Gasteiger partial charge in [-0.2, -0.15) is 0 Å². The van der Waals surface area contributed by atoms with Crippen LogP contribution in [0.1, 0.15) is 72.1 Å². The van der Waals surface area contributed by atoms with Crippen molar-refractivity contribution in [3.8, 4) is 0 Å². The van der Waals surface area contributed by atoms with Gasteiger partial charge in [-0.05, 0) is 73.2 Å². The van der Waals surface area contributed by atoms with E-state index in [1.807, 2.05) is 13.0 Å². The number of hydrogen-bond acceptors (Lipinski definition) is 3. The Balaban J connectivity index is 1.70. The molecular formula is C22H32O3. The fourth-order valence-electron chi connectivity index (χ4n) is 7.46. The van der Waals surface area contributed by atoms with Gasteiger partial charge in [-0.15, -0.1) is 0 Å². The molecule has 0 spiro atoms. The lowest BCUT2D eigenvalue weighted by molar-refractivity contribution is -0.144. The second-order valence-corrected chi connectivity index (χ2v) is 9.62. The third kappa shape index (κ3) is 2.34. The molecule has 1 N–H and O–H groups in total. The molecule has 3 saturated carbocycles. The van der Waals surface area contributed by atoms with E-state index in [1.165, 1.54) is 5.57 Å². The molecule has 0 aromatic rings. The molecule has 0 saturated heterocycles. The number of carbonyl (C=O) groups is 2. The Kier molecular flexibility index (Phi) is 4.03. The third-order valence-electron chi connectivity index (χ3n) is 8.63. The van der Waals surface area contributed by atoms with Crippen LogP contribution in [0.25, 0.3) is 0 Å². The first-order valence-corrected chi connectivity index (χ1v) is 10.3. The predicted molar refractivity (Wildman–Crippen MR) is 96.9 cm³/mol. The Hall–Kier alpha value is -0.960. The Morgan fingerprint density at radius 2 is 2.00 bits per heavy atom. The average molecular weight is 344 g/mol. The summed E-state index contributed by atoms with van der Waals surface area (Å²) in [6.07, 6.45) is 8.62. The topological polar surface area (TPSA) is 54.4 Å². The van der Waals surface area contributed by atoms with Gasteiger partial charge in [-0.3, -0.25) is 9.59 Å². The minimum atomic E-state index is -0.349. The molecule has 0 heterocycles. The number of carbonyl (C=O) groups excluding carboxylic acids is 2. The summed E-state index contributed by atoms with van der Waals surface area (Å²) in [6.45, 7) is 6.54. The van der Waals surface area contributed by atoms with Gasteiger partial charge >= 0.3 is 0 Å². The van der Waals surface area contributed by atoms with E-state index in [1.54, 1.807) is 0 Å². The quantitative estimate of drug-likeness (QED) is 0.821. The summed E-state index contributed by atoms with van der Waals surface area (Å²) in [5.41, 5.74) is 1.23. The molecule has 3 unspecified atom stereocenters. The highest BCUT2D eigenvalue weighted by atomic mass is 16.3. The fourth-order valence-corrected chi connectivity index (χ4v) is 7.46. The number of aliphatic hydroxyl groups is 1. The van der Waals surface area contributed by atoms with Crippen molar-refractivity contribution in [2.75, 3.05) is 0 Å². The van der Waals surface area contributed by atoms with E-state index < -0.39 is 0 Å². The molecule has 138 valence electrons. The first-order valence-electron chi connectivity index (χ1n) is 10.3. The van der Waals surface area contributed by atoms with Gasteiger partial charge in [0, 0.05) is 18.8 Å². The number of hydrogen-bond donors (Lipinski definition) is 1. The first kappa shape index (κ1) is 17.5. The van der Waals surface area contributed by atoms with E-state index in [9.17, 15) is 14.7 Å². The highest BCUT2D eigenvalue weighted by molar-refractivity contribution is 5.91. The minimum Gasteiger partial charge on any atom is -0.393 e. The normalized spacial score (nSPS) is 49.0. The number of fused-ring (bicyclic) bond motifs is 5. The van der Waals surface area contributed by atoms with Crippen molar-refractivity contribution in [2.24, 2.45) is 34.5 Å². The van der Waals surface area contributed by atoms with Crippen molar-refractivity contribution in [2.45, 2.75) is 78.2 Å². The van der Waals surface area contributed by atoms with Crippen molar-refractivity contribution in [1.82, 2.24) is 0 Å². The van der Waals surface area contributed by atoms with Crippen LogP contribution in [0, 0.1) is 34.5 Å². The van der Waals surface area contributed by atoms with Crippen LogP contribution in [0.4, 0.5) is 0 Å². The van der Waals surface area contributed by atoms with Gasteiger partial charge in [0.25, 0.3) is 0 Å². The van der Waals surface area contributed by atoms with E-state index in [0.29, 0.717) is 30.5 Å². The van der Waals surface area contributed by atoms with Crippen LogP contribution in [-0.2, 0) is 9.59 Å². The van der Waals surface area contributed by atoms with Gasteiger partial charge in [0.1, 0.15) is 5.78 Å². The Morgan fingerprint density at radius 3 is 2.72 bits per heavy atom. The predicted octanol–water partition coefficient (Wildman–Crippen LogP) is 4.08. The van der Waals surface area contributed by atoms with E-state index >= 15 is 0 Å². The van der Waals surface area contributed by atoms with Crippen LogP contribution in [-0.4, -0.2) is 22.8 Å². The molecular weight excluding hydrogens is 312 g/mol. The zero-order chi connectivity index (χ0) is 18.0. The summed E-state index contributed by atoms with van der Waals surface area (Å²) in [6, 6.07) is 0. The molecule has 4 rings (SSSR count). The third-order valence-corrected chi connectivity index (χ3v) is 8.63. The average Bonchev–Trinajstić information content (AvgIpc) is 2.91. The second kappa shape index (κ2) is 5.77. The first-order chi connectivity index (χ1) is 11.8. The zero-order valence-electron chi connectivity index (χ0n) is 15.9. The molecule has 0 radical (unpaired) electrons. The molecule has 0 amide bonds. The Bertz CT molecular complexity index is 635. The summed E-state index contributed by atoms with van der Waals surface area (Å²) in [7, 11) is 0. The lowest BCUT2D eigenvalue weighted by Crippen LogP contribution is -2.57. The maximum Gasteiger partial charge on any atom is 0.155 e. The monoisotopic (exact) mass is 344 g/mol. The summed E-state index contributed by atoms with van der Waals surface area (Å²) in [5, 5.41) is 11.2. The van der Waals surface area contributed by atoms with Crippen molar-refractivity contribution >= 4 is 11.6 Å². The molecule has 4 aliphatic rings. The largest absolute Gasteiger partial charge is 0.393 e. The van der Waals surface area contributed by atoms with Crippen molar-refractivity contribution in [3.63, 3.8) is 0 Å². The SMILES string of the molecule is CCC(=O)[C@@H]1CCC2C3CCC4=CC(=O)CC[C@]4(C)C3[C@@H](O)C[C@@]21C. The molecule has 0 bridgehead atoms. The van der Waals surface area contributed by atoms with Crippen LogP contribution in [0.15, 0.2) is 11.6 Å². The van der Waals surface area contributed by atoms with Gasteiger partial charge in [-0.1, -0.05) is 26.3 Å². The van der Waals surface area contributed by atoms with Crippen LogP contribution < -0.4 is 0 Å². The maximum atomic E-state index is 12.5. The number of ketones is 2. The Morgan fingerprint density at radius 1 is 1.24 bits per heavy atom. The van der Waals surface area contributed by atoms with E-state index in [0.717, 1.165) is 38.5 Å². The minimum absolute atomic E-state index is 0.0234. The van der Waals surface area contributed by atoms with Crippen LogP contribution in [0.3, 0.4) is 0 Å². The molecule has 3 fully saturated rings. The molecule has 0 aliphatic heterocycles. The van der Waals surface area contributed by atoms with E-state index in [-0.39, 0.29) is 34.6 Å². The molecule has 0 aromatic carbocycles. The smallest absolute Gasteiger partial charge is 0.155 e. The van der Waals surface area contributed by atoms with Gasteiger partial charge in [-0.25, -0.2) is 0 Å². The van der Waals surface area contributed by atoms with Gasteiger partial charge in [0.15, 0.2) is 5.78 Å². The molecule has 3 nitrogen and oxygen atoms in total. The van der Waals surface area contributed by atoms with Crippen molar-refractivity contribution < 1.29 is 14.7 Å². The van der Waals surface area contributed by atoms with Crippen LogP contribution >= 0.6 is 0 Å². The van der Waals surface area contributed by atoms with Crippen molar-refractivity contribution in [3.05, 3.63) is 11.6 Å². The highest BCUT2D eigenvalue weighted by Gasteiger charge is 2.62. The highest BCUT2D eigenvalue weighted by Crippen LogP contribution is 2.66. The van der Waals surface area contributed by atoms with E-state index in [4.69, 9.17) is 0 Å². The fraction of sp³-hybridized carbons (Fsp3) is 0.818. The van der Waals surface area contributed by atoms with Gasteiger partial charge in [0.2, 0.25) is 0 Å². The molecule has 0 aromatic heterocycles. The zero-order valence-corrected chi connectivity index (χ0v) is 15.9. The molecule has 7 atom stereocenters. The Labute approximate surface area is 151 Å².